The largest absolute Gasteiger partial charge is 0.496 e. The Morgan fingerprint density at radius 1 is 1.13 bits per heavy atom. The van der Waals surface area contributed by atoms with Gasteiger partial charge in [0.1, 0.15) is 5.75 Å². The van der Waals surface area contributed by atoms with Crippen LogP contribution in [0.25, 0.3) is 0 Å². The topological polar surface area (TPSA) is 60.4 Å². The smallest absolute Gasteiger partial charge is 0.239 e. The first kappa shape index (κ1) is 24.7. The van der Waals surface area contributed by atoms with Gasteiger partial charge < -0.3 is 19.9 Å². The third-order valence-corrected chi connectivity index (χ3v) is 6.07. The van der Waals surface area contributed by atoms with Gasteiger partial charge in [-0.25, -0.2) is 0 Å². The number of amides is 1. The van der Waals surface area contributed by atoms with E-state index >= 15 is 0 Å². The molecule has 1 amide bonds. The molecule has 0 radical (unpaired) electrons. The van der Waals surface area contributed by atoms with Crippen molar-refractivity contribution in [3.8, 4) is 5.75 Å². The molecule has 1 aromatic rings. The van der Waals surface area contributed by atoms with E-state index < -0.39 is 0 Å². The number of nitrogens with one attached hydrogen (secondary N) is 1. The molecule has 168 valence electrons. The molecule has 3 rings (SSSR count). The number of aliphatic imine (C=N–C) groups is 1. The van der Waals surface area contributed by atoms with Crippen LogP contribution in [-0.2, 0) is 11.3 Å². The van der Waals surface area contributed by atoms with Crippen LogP contribution < -0.4 is 10.1 Å². The highest BCUT2D eigenvalue weighted by Gasteiger charge is 2.30. The monoisotopic (exact) mass is 529 g/mol. The summed E-state index contributed by atoms with van der Waals surface area (Å²) in [5.74, 6) is 2.10. The minimum atomic E-state index is -0.0368. The van der Waals surface area contributed by atoms with Crippen molar-refractivity contribution in [1.82, 2.24) is 20.0 Å². The Kier molecular flexibility index (Phi) is 9.67. The number of methoxy groups -OCH3 is 1. The van der Waals surface area contributed by atoms with Crippen LogP contribution in [0.3, 0.4) is 0 Å². The number of hydrogen-bond acceptors (Lipinski definition) is 4. The Morgan fingerprint density at radius 2 is 1.80 bits per heavy atom. The van der Waals surface area contributed by atoms with E-state index in [1.165, 1.54) is 0 Å². The fourth-order valence-electron chi connectivity index (χ4n) is 4.17. The lowest BCUT2D eigenvalue weighted by Gasteiger charge is -2.39. The normalized spacial score (nSPS) is 18.7. The average Bonchev–Trinajstić information content (AvgIpc) is 3.29. The Labute approximate surface area is 197 Å². The van der Waals surface area contributed by atoms with Gasteiger partial charge in [0, 0.05) is 52.9 Å². The quantitative estimate of drug-likeness (QED) is 0.361. The molecule has 1 unspecified atom stereocenters. The number of carbonyl (C=O) groups excluding carboxylic acids is 1. The van der Waals surface area contributed by atoms with Crippen molar-refractivity contribution in [2.45, 2.75) is 39.3 Å². The summed E-state index contributed by atoms with van der Waals surface area (Å²) in [6.07, 6.45) is 2.28. The Morgan fingerprint density at radius 3 is 2.40 bits per heavy atom. The van der Waals surface area contributed by atoms with E-state index in [4.69, 9.17) is 4.74 Å². The summed E-state index contributed by atoms with van der Waals surface area (Å²) in [5, 5.41) is 3.46. The number of hydrogen-bond donors (Lipinski definition) is 1. The number of piperazine rings is 1. The summed E-state index contributed by atoms with van der Waals surface area (Å²) < 4.78 is 5.42. The first-order valence-corrected chi connectivity index (χ1v) is 10.7. The third-order valence-electron chi connectivity index (χ3n) is 6.07. The summed E-state index contributed by atoms with van der Waals surface area (Å²) in [6, 6.07) is 6.22. The van der Waals surface area contributed by atoms with Gasteiger partial charge in [-0.3, -0.25) is 14.7 Å². The molecule has 0 aromatic heterocycles. The number of aryl methyl sites for hydroxylation is 1. The molecule has 2 heterocycles. The molecular weight excluding hydrogens is 493 g/mol. The van der Waals surface area contributed by atoms with Crippen molar-refractivity contribution in [1.29, 1.82) is 0 Å². The molecule has 2 saturated heterocycles. The van der Waals surface area contributed by atoms with Crippen molar-refractivity contribution < 1.29 is 9.53 Å². The highest BCUT2D eigenvalue weighted by Crippen LogP contribution is 2.19. The van der Waals surface area contributed by atoms with Gasteiger partial charge in [-0.05, 0) is 43.9 Å². The van der Waals surface area contributed by atoms with Crippen molar-refractivity contribution in [3.05, 3.63) is 29.3 Å². The summed E-state index contributed by atoms with van der Waals surface area (Å²) in [6.45, 7) is 10.1. The SMILES string of the molecule is CN=C(NCc1ccc(C)c(OC)c1)N1CCN(C(C)C(=O)N2CCCC2)CC1.I. The second kappa shape index (κ2) is 11.7. The molecule has 8 heteroatoms. The predicted molar refractivity (Wildman–Crippen MR) is 132 cm³/mol. The van der Waals surface area contributed by atoms with Gasteiger partial charge >= 0.3 is 0 Å². The van der Waals surface area contributed by atoms with Crippen LogP contribution in [0.2, 0.25) is 0 Å². The van der Waals surface area contributed by atoms with Gasteiger partial charge in [0.05, 0.1) is 13.2 Å². The maximum Gasteiger partial charge on any atom is 0.239 e. The minimum Gasteiger partial charge on any atom is -0.496 e. The molecule has 0 bridgehead atoms. The maximum absolute atomic E-state index is 12.7. The number of halogens is 1. The van der Waals surface area contributed by atoms with E-state index in [2.05, 4.69) is 38.3 Å². The van der Waals surface area contributed by atoms with Crippen LogP contribution in [0.4, 0.5) is 0 Å². The highest BCUT2D eigenvalue weighted by atomic mass is 127. The van der Waals surface area contributed by atoms with Crippen molar-refractivity contribution in [2.24, 2.45) is 4.99 Å². The van der Waals surface area contributed by atoms with E-state index in [0.717, 1.165) is 74.9 Å². The van der Waals surface area contributed by atoms with Gasteiger partial charge in [0.2, 0.25) is 5.91 Å². The Hall–Kier alpha value is -1.55. The third kappa shape index (κ3) is 6.00. The van der Waals surface area contributed by atoms with E-state index in [1.807, 2.05) is 25.8 Å². The molecule has 2 aliphatic rings. The molecule has 2 fully saturated rings. The molecule has 7 nitrogen and oxygen atoms in total. The Balaban J connectivity index is 0.00000320. The molecule has 0 aliphatic carbocycles. The lowest BCUT2D eigenvalue weighted by atomic mass is 10.1. The number of rotatable bonds is 5. The van der Waals surface area contributed by atoms with Gasteiger partial charge in [-0.1, -0.05) is 12.1 Å². The number of benzene rings is 1. The van der Waals surface area contributed by atoms with E-state index in [9.17, 15) is 4.79 Å². The molecule has 2 aliphatic heterocycles. The number of likely N-dealkylation sites (tertiary alicyclic amines) is 1. The van der Waals surface area contributed by atoms with Crippen molar-refractivity contribution in [2.75, 3.05) is 53.4 Å². The zero-order valence-electron chi connectivity index (χ0n) is 18.7. The summed E-state index contributed by atoms with van der Waals surface area (Å²) in [4.78, 5) is 23.7. The first-order chi connectivity index (χ1) is 14.0. The van der Waals surface area contributed by atoms with Crippen LogP contribution >= 0.6 is 24.0 Å². The number of nitrogens with zero attached hydrogens (tertiary/aromatic N) is 4. The molecule has 0 spiro atoms. The van der Waals surface area contributed by atoms with Crippen LogP contribution in [0.1, 0.15) is 30.9 Å². The molecule has 30 heavy (non-hydrogen) atoms. The minimum absolute atomic E-state index is 0. The standard InChI is InChI=1S/C22H35N5O2.HI/c1-17-7-8-19(15-20(17)29-4)16-24-22(23-3)27-13-11-25(12-14-27)18(2)21(28)26-9-5-6-10-26;/h7-8,15,18H,5-6,9-14,16H2,1-4H3,(H,23,24);1H. The molecule has 1 N–H and O–H groups in total. The molecular formula is C22H36IN5O2. The average molecular weight is 529 g/mol. The highest BCUT2D eigenvalue weighted by molar-refractivity contribution is 14.0. The van der Waals surface area contributed by atoms with Crippen molar-refractivity contribution >= 4 is 35.8 Å². The predicted octanol–water partition coefficient (Wildman–Crippen LogP) is 2.33. The lowest BCUT2D eigenvalue weighted by molar-refractivity contribution is -0.135. The lowest BCUT2D eigenvalue weighted by Crippen LogP contribution is -2.57. The fourth-order valence-corrected chi connectivity index (χ4v) is 4.17. The second-order valence-corrected chi connectivity index (χ2v) is 7.94. The van der Waals surface area contributed by atoms with Crippen LogP contribution in [0, 0.1) is 6.92 Å². The van der Waals surface area contributed by atoms with Gasteiger partial charge in [0.25, 0.3) is 0 Å². The Bertz CT molecular complexity index is 728. The van der Waals surface area contributed by atoms with E-state index in [1.54, 1.807) is 7.11 Å². The van der Waals surface area contributed by atoms with Crippen molar-refractivity contribution in [3.63, 3.8) is 0 Å². The summed E-state index contributed by atoms with van der Waals surface area (Å²) in [5.41, 5.74) is 2.30. The number of ether oxygens (including phenoxy) is 1. The first-order valence-electron chi connectivity index (χ1n) is 10.7. The fraction of sp³-hybridized carbons (Fsp3) is 0.636. The molecule has 1 atom stereocenters. The van der Waals surface area contributed by atoms with Gasteiger partial charge in [0.15, 0.2) is 5.96 Å². The van der Waals surface area contributed by atoms with Crippen LogP contribution in [0.15, 0.2) is 23.2 Å². The van der Waals surface area contributed by atoms with Gasteiger partial charge in [-0.2, -0.15) is 0 Å². The second-order valence-electron chi connectivity index (χ2n) is 7.94. The zero-order chi connectivity index (χ0) is 20.8. The maximum atomic E-state index is 12.7. The van der Waals surface area contributed by atoms with E-state index in [-0.39, 0.29) is 35.9 Å². The molecule has 1 aromatic carbocycles. The number of guanidine groups is 1. The van der Waals surface area contributed by atoms with Crippen LogP contribution in [0.5, 0.6) is 5.75 Å². The summed E-state index contributed by atoms with van der Waals surface area (Å²) in [7, 11) is 3.53. The van der Waals surface area contributed by atoms with Crippen LogP contribution in [-0.4, -0.2) is 86.0 Å². The zero-order valence-corrected chi connectivity index (χ0v) is 21.0. The number of carbonyl (C=O) groups is 1. The molecule has 0 saturated carbocycles. The summed E-state index contributed by atoms with van der Waals surface area (Å²) >= 11 is 0. The van der Waals surface area contributed by atoms with Gasteiger partial charge in [-0.15, -0.1) is 24.0 Å². The van der Waals surface area contributed by atoms with E-state index in [0.29, 0.717) is 6.54 Å².